The third kappa shape index (κ3) is 5.24. The zero-order valence-corrected chi connectivity index (χ0v) is 17.2. The summed E-state index contributed by atoms with van der Waals surface area (Å²) < 4.78 is 1.66. The Kier molecular flexibility index (Phi) is 6.68. The molecule has 1 heterocycles. The first kappa shape index (κ1) is 20.6. The van der Waals surface area contributed by atoms with Crippen LogP contribution in [0.15, 0.2) is 58.5 Å². The number of thioether (sulfide) groups is 1. The standard InChI is InChI=1S/C22H22N4O2S/c1-15(2)10-11-26-21(28)18-8-3-4-9-19(18)25-22(26)29-14-20(27)24-17-7-5-6-16(12-17)13-23/h3-9,12,15H,10-11,14H2,1-2H3,(H,24,27). The highest BCUT2D eigenvalue weighted by Crippen LogP contribution is 2.19. The van der Waals surface area contributed by atoms with Gasteiger partial charge in [-0.1, -0.05) is 43.8 Å². The van der Waals surface area contributed by atoms with Gasteiger partial charge >= 0.3 is 0 Å². The average Bonchev–Trinajstić information content (AvgIpc) is 2.71. The normalized spacial score (nSPS) is 10.8. The van der Waals surface area contributed by atoms with E-state index >= 15 is 0 Å². The van der Waals surface area contributed by atoms with Crippen LogP contribution >= 0.6 is 11.8 Å². The Morgan fingerprint density at radius 1 is 1.24 bits per heavy atom. The molecular formula is C22H22N4O2S. The molecule has 2 aromatic carbocycles. The lowest BCUT2D eigenvalue weighted by molar-refractivity contribution is -0.113. The first-order chi connectivity index (χ1) is 14.0. The van der Waals surface area contributed by atoms with E-state index in [2.05, 4.69) is 24.1 Å². The minimum absolute atomic E-state index is 0.0825. The molecule has 1 amide bonds. The molecule has 1 N–H and O–H groups in total. The van der Waals surface area contributed by atoms with Crippen LogP contribution in [-0.2, 0) is 11.3 Å². The van der Waals surface area contributed by atoms with E-state index in [4.69, 9.17) is 5.26 Å². The van der Waals surface area contributed by atoms with E-state index in [1.165, 1.54) is 11.8 Å². The smallest absolute Gasteiger partial charge is 0.262 e. The van der Waals surface area contributed by atoms with Crippen LogP contribution in [0.3, 0.4) is 0 Å². The summed E-state index contributed by atoms with van der Waals surface area (Å²) in [5, 5.41) is 12.9. The summed E-state index contributed by atoms with van der Waals surface area (Å²) in [5.41, 5.74) is 1.59. The van der Waals surface area contributed by atoms with Gasteiger partial charge in [-0.05, 0) is 42.7 Å². The molecule has 1 aromatic heterocycles. The van der Waals surface area contributed by atoms with Gasteiger partial charge in [0.1, 0.15) is 0 Å². The Labute approximate surface area is 173 Å². The number of carbonyl (C=O) groups is 1. The Morgan fingerprint density at radius 3 is 2.79 bits per heavy atom. The summed E-state index contributed by atoms with van der Waals surface area (Å²) in [5.74, 6) is 0.341. The fourth-order valence-electron chi connectivity index (χ4n) is 2.84. The number of fused-ring (bicyclic) bond motifs is 1. The maximum atomic E-state index is 12.9. The molecule has 0 unspecified atom stereocenters. The summed E-state index contributed by atoms with van der Waals surface area (Å²) in [6.07, 6.45) is 0.848. The van der Waals surface area contributed by atoms with Crippen LogP contribution in [0.25, 0.3) is 10.9 Å². The van der Waals surface area contributed by atoms with Crippen LogP contribution < -0.4 is 10.9 Å². The van der Waals surface area contributed by atoms with Gasteiger partial charge in [0.05, 0.1) is 28.3 Å². The lowest BCUT2D eigenvalue weighted by atomic mass is 10.1. The molecule has 0 aliphatic rings. The van der Waals surface area contributed by atoms with Gasteiger partial charge in [-0.15, -0.1) is 0 Å². The van der Waals surface area contributed by atoms with Crippen molar-refractivity contribution in [3.8, 4) is 6.07 Å². The predicted molar refractivity (Wildman–Crippen MR) is 116 cm³/mol. The minimum atomic E-state index is -0.220. The quantitative estimate of drug-likeness (QED) is 0.472. The summed E-state index contributed by atoms with van der Waals surface area (Å²) in [7, 11) is 0. The number of nitrogens with one attached hydrogen (secondary N) is 1. The molecule has 0 saturated heterocycles. The second kappa shape index (κ2) is 9.39. The van der Waals surface area contributed by atoms with Crippen molar-refractivity contribution < 1.29 is 4.79 Å². The Bertz CT molecular complexity index is 1130. The molecule has 3 aromatic rings. The van der Waals surface area contributed by atoms with Crippen molar-refractivity contribution in [2.45, 2.75) is 32.0 Å². The van der Waals surface area contributed by atoms with Crippen LogP contribution in [0.1, 0.15) is 25.8 Å². The van der Waals surface area contributed by atoms with E-state index < -0.39 is 0 Å². The molecule has 0 aliphatic heterocycles. The molecule has 0 fully saturated rings. The number of amides is 1. The number of aromatic nitrogens is 2. The molecule has 0 radical (unpaired) electrons. The van der Waals surface area contributed by atoms with Crippen molar-refractivity contribution in [3.05, 3.63) is 64.4 Å². The van der Waals surface area contributed by atoms with Crippen LogP contribution in [0.5, 0.6) is 0 Å². The van der Waals surface area contributed by atoms with Crippen LogP contribution in [-0.4, -0.2) is 21.2 Å². The average molecular weight is 407 g/mol. The molecule has 6 nitrogen and oxygen atoms in total. The van der Waals surface area contributed by atoms with E-state index in [-0.39, 0.29) is 17.2 Å². The van der Waals surface area contributed by atoms with Gasteiger partial charge in [-0.3, -0.25) is 14.2 Å². The molecule has 3 rings (SSSR count). The second-order valence-corrected chi connectivity index (χ2v) is 8.02. The first-order valence-corrected chi connectivity index (χ1v) is 10.4. The largest absolute Gasteiger partial charge is 0.325 e. The molecule has 0 bridgehead atoms. The second-order valence-electron chi connectivity index (χ2n) is 7.08. The van der Waals surface area contributed by atoms with E-state index in [0.29, 0.717) is 39.8 Å². The maximum absolute atomic E-state index is 12.9. The Balaban J connectivity index is 1.80. The summed E-state index contributed by atoms with van der Waals surface area (Å²) in [6, 6.07) is 16.1. The Hall–Kier alpha value is -3.11. The number of carbonyl (C=O) groups excluding carboxylic acids is 1. The molecule has 0 spiro atoms. The highest BCUT2D eigenvalue weighted by atomic mass is 32.2. The first-order valence-electron chi connectivity index (χ1n) is 9.40. The molecule has 29 heavy (non-hydrogen) atoms. The number of nitriles is 1. The lowest BCUT2D eigenvalue weighted by Crippen LogP contribution is -2.25. The summed E-state index contributed by atoms with van der Waals surface area (Å²) in [6.45, 7) is 4.77. The van der Waals surface area contributed by atoms with Gasteiger partial charge in [0, 0.05) is 12.2 Å². The summed E-state index contributed by atoms with van der Waals surface area (Å²) >= 11 is 1.24. The van der Waals surface area contributed by atoms with Crippen molar-refractivity contribution in [3.63, 3.8) is 0 Å². The monoisotopic (exact) mass is 406 g/mol. The molecular weight excluding hydrogens is 384 g/mol. The lowest BCUT2D eigenvalue weighted by Gasteiger charge is -2.14. The highest BCUT2D eigenvalue weighted by molar-refractivity contribution is 7.99. The summed E-state index contributed by atoms with van der Waals surface area (Å²) in [4.78, 5) is 30.0. The highest BCUT2D eigenvalue weighted by Gasteiger charge is 2.14. The number of anilines is 1. The van der Waals surface area contributed by atoms with Gasteiger partial charge < -0.3 is 5.32 Å². The SMILES string of the molecule is CC(C)CCn1c(SCC(=O)Nc2cccc(C#N)c2)nc2ccccc2c1=O. The number of rotatable bonds is 7. The number of hydrogen-bond donors (Lipinski definition) is 1. The molecule has 0 saturated carbocycles. The maximum Gasteiger partial charge on any atom is 0.262 e. The van der Waals surface area contributed by atoms with Crippen LogP contribution in [0, 0.1) is 17.2 Å². The zero-order chi connectivity index (χ0) is 20.8. The molecule has 0 atom stereocenters. The third-order valence-electron chi connectivity index (χ3n) is 4.36. The van der Waals surface area contributed by atoms with Gasteiger partial charge in [-0.25, -0.2) is 4.98 Å². The van der Waals surface area contributed by atoms with Crippen molar-refractivity contribution >= 4 is 34.3 Å². The van der Waals surface area contributed by atoms with Crippen molar-refractivity contribution in [1.29, 1.82) is 5.26 Å². The number of benzene rings is 2. The van der Waals surface area contributed by atoms with Gasteiger partial charge in [0.15, 0.2) is 5.16 Å². The Morgan fingerprint density at radius 2 is 2.03 bits per heavy atom. The van der Waals surface area contributed by atoms with E-state index in [1.807, 2.05) is 18.2 Å². The molecule has 148 valence electrons. The number of para-hydroxylation sites is 1. The van der Waals surface area contributed by atoms with Crippen molar-refractivity contribution in [2.24, 2.45) is 5.92 Å². The van der Waals surface area contributed by atoms with Gasteiger partial charge in [-0.2, -0.15) is 5.26 Å². The van der Waals surface area contributed by atoms with E-state index in [9.17, 15) is 9.59 Å². The predicted octanol–water partition coefficient (Wildman–Crippen LogP) is 4.05. The molecule has 7 heteroatoms. The minimum Gasteiger partial charge on any atom is -0.325 e. The zero-order valence-electron chi connectivity index (χ0n) is 16.4. The number of hydrogen-bond acceptors (Lipinski definition) is 5. The number of nitrogens with zero attached hydrogens (tertiary/aromatic N) is 3. The topological polar surface area (TPSA) is 87.8 Å². The van der Waals surface area contributed by atoms with E-state index in [0.717, 1.165) is 6.42 Å². The van der Waals surface area contributed by atoms with Gasteiger partial charge in [0.25, 0.3) is 5.56 Å². The fraction of sp³-hybridized carbons (Fsp3) is 0.273. The molecule has 0 aliphatic carbocycles. The van der Waals surface area contributed by atoms with Crippen LogP contribution in [0.2, 0.25) is 0 Å². The van der Waals surface area contributed by atoms with Crippen molar-refractivity contribution in [2.75, 3.05) is 11.1 Å². The third-order valence-corrected chi connectivity index (χ3v) is 5.34. The van der Waals surface area contributed by atoms with Gasteiger partial charge in [0.2, 0.25) is 5.91 Å². The fourth-order valence-corrected chi connectivity index (χ4v) is 3.66. The van der Waals surface area contributed by atoms with Crippen LogP contribution in [0.4, 0.5) is 5.69 Å². The van der Waals surface area contributed by atoms with Crippen molar-refractivity contribution in [1.82, 2.24) is 9.55 Å². The van der Waals surface area contributed by atoms with E-state index in [1.54, 1.807) is 41.0 Å².